The van der Waals surface area contributed by atoms with E-state index in [1.165, 1.54) is 0 Å². The summed E-state index contributed by atoms with van der Waals surface area (Å²) in [6.45, 7) is -2.41. The first kappa shape index (κ1) is 12.2. The fourth-order valence-electron chi connectivity index (χ4n) is 2.92. The molecule has 0 amide bonds. The maximum atomic E-state index is 8.97. The second-order valence-electron chi connectivity index (χ2n) is 5.47. The molecule has 2 aliphatic heterocycles. The van der Waals surface area contributed by atoms with E-state index in [1.807, 2.05) is 36.4 Å². The maximum absolute atomic E-state index is 8.97. The Morgan fingerprint density at radius 1 is 0.696 bits per heavy atom. The third kappa shape index (κ3) is 1.74. The van der Waals surface area contributed by atoms with Gasteiger partial charge in [0.05, 0.1) is 11.6 Å². The zero-order valence-corrected chi connectivity index (χ0v) is 11.9. The van der Waals surface area contributed by atoms with Crippen LogP contribution < -0.4 is 18.6 Å². The number of rotatable bonds is 0. The van der Waals surface area contributed by atoms with Gasteiger partial charge in [-0.2, -0.15) is 5.26 Å². The molecule has 5 rings (SSSR count). The van der Waals surface area contributed by atoms with Crippen molar-refractivity contribution >= 4 is 17.7 Å². The molecule has 0 bridgehead atoms. The van der Waals surface area contributed by atoms with E-state index in [0.29, 0.717) is 28.6 Å². The molecule has 5 nitrogen and oxygen atoms in total. The predicted octanol–water partition coefficient (Wildman–Crippen LogP) is 3.39. The fourth-order valence-corrected chi connectivity index (χ4v) is 2.92. The minimum Gasteiger partial charge on any atom is -0.609 e. The Morgan fingerprint density at radius 2 is 1.26 bits per heavy atom. The van der Waals surface area contributed by atoms with Crippen LogP contribution in [0.2, 0.25) is 0 Å². The van der Waals surface area contributed by atoms with Gasteiger partial charge in [0.15, 0.2) is 0 Å². The van der Waals surface area contributed by atoms with Gasteiger partial charge in [-0.25, -0.2) is 0 Å². The van der Waals surface area contributed by atoms with E-state index in [4.69, 9.17) is 23.9 Å². The molecule has 0 aliphatic carbocycles. The number of fused-ring (bicyclic) bond motifs is 3. The van der Waals surface area contributed by atoms with E-state index >= 15 is 0 Å². The molecule has 2 heterocycles. The highest BCUT2D eigenvalue weighted by Gasteiger charge is 2.51. The predicted molar refractivity (Wildman–Crippen MR) is 83.4 cm³/mol. The van der Waals surface area contributed by atoms with Gasteiger partial charge in [0.25, 0.3) is 0 Å². The van der Waals surface area contributed by atoms with Crippen molar-refractivity contribution in [1.29, 1.82) is 5.26 Å². The quantitative estimate of drug-likeness (QED) is 0.596. The van der Waals surface area contributed by atoms with Gasteiger partial charge in [0, 0.05) is 0 Å². The Hall–Kier alpha value is -3.33. The highest BCUT2D eigenvalue weighted by molar-refractivity contribution is 6.59. The lowest BCUT2D eigenvalue weighted by molar-refractivity contribution is 0.224. The zero-order chi connectivity index (χ0) is 15.4. The summed E-state index contributed by atoms with van der Waals surface area (Å²) < 4.78 is 23.2. The van der Waals surface area contributed by atoms with Crippen molar-refractivity contribution < 1.29 is 18.6 Å². The third-order valence-electron chi connectivity index (χ3n) is 3.97. The molecule has 0 N–H and O–H groups in total. The molecular weight excluding hydrogens is 293 g/mol. The lowest BCUT2D eigenvalue weighted by atomic mass is 10.1. The first-order valence-corrected chi connectivity index (χ1v) is 7.20. The lowest BCUT2D eigenvalue weighted by Gasteiger charge is -2.27. The zero-order valence-electron chi connectivity index (χ0n) is 11.9. The summed E-state index contributed by atoms with van der Waals surface area (Å²) in [4.78, 5) is 0. The van der Waals surface area contributed by atoms with Crippen LogP contribution >= 0.6 is 0 Å². The summed E-state index contributed by atoms with van der Waals surface area (Å²) in [5.74, 6) is 2.11. The molecule has 2 aliphatic rings. The average Bonchev–Trinajstić information content (AvgIpc) is 3.09. The summed E-state index contributed by atoms with van der Waals surface area (Å²) in [7, 11) is 0. The molecule has 6 heteroatoms. The lowest BCUT2D eigenvalue weighted by Crippen LogP contribution is -2.54. The molecule has 23 heavy (non-hydrogen) atoms. The Morgan fingerprint density at radius 3 is 1.87 bits per heavy atom. The van der Waals surface area contributed by atoms with Crippen molar-refractivity contribution in [3.63, 3.8) is 0 Å². The van der Waals surface area contributed by atoms with Gasteiger partial charge in [-0.1, -0.05) is 24.3 Å². The van der Waals surface area contributed by atoms with Crippen molar-refractivity contribution in [3.05, 3.63) is 60.2 Å². The molecule has 0 saturated heterocycles. The topological polar surface area (TPSA) is 60.7 Å². The van der Waals surface area contributed by atoms with Crippen molar-refractivity contribution in [2.24, 2.45) is 0 Å². The van der Waals surface area contributed by atoms with E-state index in [0.717, 1.165) is 10.8 Å². The maximum Gasteiger partial charge on any atom is 0.777 e. The monoisotopic (exact) mass is 302 g/mol. The van der Waals surface area contributed by atoms with Crippen LogP contribution in [0.5, 0.6) is 23.0 Å². The molecule has 3 aromatic carbocycles. The van der Waals surface area contributed by atoms with Crippen LogP contribution in [0, 0.1) is 11.3 Å². The fraction of sp³-hybridized carbons (Fsp3) is 0. The third-order valence-corrected chi connectivity index (χ3v) is 3.97. The van der Waals surface area contributed by atoms with Gasteiger partial charge >= 0.3 is 6.96 Å². The molecule has 1 spiro atoms. The van der Waals surface area contributed by atoms with E-state index in [2.05, 4.69) is 6.07 Å². The second kappa shape index (κ2) is 4.11. The molecule has 0 atom stereocenters. The number of hydrogen-bond donors (Lipinski definition) is 0. The van der Waals surface area contributed by atoms with E-state index < -0.39 is 6.96 Å². The largest absolute Gasteiger partial charge is 0.777 e. The SMILES string of the molecule is N#Cc1ccc2c(c1)O[B-]1(O2)Oc2cc3ccccc3cc2O1. The van der Waals surface area contributed by atoms with Crippen LogP contribution in [-0.4, -0.2) is 6.96 Å². The van der Waals surface area contributed by atoms with E-state index in [9.17, 15) is 0 Å². The van der Waals surface area contributed by atoms with Crippen LogP contribution in [0.25, 0.3) is 10.8 Å². The van der Waals surface area contributed by atoms with E-state index in [1.54, 1.807) is 18.2 Å². The standard InChI is InChI=1S/C17H9BNO4/c19-10-11-5-6-14-15(7-11)21-18(20-14)22-16-8-12-3-1-2-4-13(12)9-17(16)23-18/h1-9H/q-1. The van der Waals surface area contributed by atoms with Crippen LogP contribution in [0.4, 0.5) is 0 Å². The van der Waals surface area contributed by atoms with Crippen LogP contribution in [0.15, 0.2) is 54.6 Å². The summed E-state index contributed by atoms with van der Waals surface area (Å²) in [6.07, 6.45) is 0. The number of nitriles is 1. The first-order valence-electron chi connectivity index (χ1n) is 7.20. The Bertz CT molecular complexity index is 967. The van der Waals surface area contributed by atoms with Crippen molar-refractivity contribution in [2.45, 2.75) is 0 Å². The molecule has 110 valence electrons. The second-order valence-corrected chi connectivity index (χ2v) is 5.47. The minimum absolute atomic E-state index is 0.446. The van der Waals surface area contributed by atoms with Gasteiger partial charge in [0.2, 0.25) is 0 Å². The number of hydrogen-bond acceptors (Lipinski definition) is 5. The average molecular weight is 302 g/mol. The van der Waals surface area contributed by atoms with Gasteiger partial charge in [-0.15, -0.1) is 0 Å². The highest BCUT2D eigenvalue weighted by Crippen LogP contribution is 2.46. The van der Waals surface area contributed by atoms with Gasteiger partial charge in [-0.05, 0) is 41.1 Å². The van der Waals surface area contributed by atoms with Gasteiger partial charge < -0.3 is 18.6 Å². The molecular formula is C17H9BNO4-. The molecule has 0 radical (unpaired) electrons. The number of benzene rings is 3. The van der Waals surface area contributed by atoms with Crippen molar-refractivity contribution in [1.82, 2.24) is 0 Å². The van der Waals surface area contributed by atoms with Gasteiger partial charge in [-0.3, -0.25) is 0 Å². The summed E-state index contributed by atoms with van der Waals surface area (Å²) in [5, 5.41) is 11.1. The molecule has 0 unspecified atom stereocenters. The highest BCUT2D eigenvalue weighted by atomic mass is 16.9. The summed E-state index contributed by atoms with van der Waals surface area (Å²) >= 11 is 0. The summed E-state index contributed by atoms with van der Waals surface area (Å²) in [6, 6.07) is 18.7. The smallest absolute Gasteiger partial charge is 0.609 e. The van der Waals surface area contributed by atoms with Crippen molar-refractivity contribution in [2.75, 3.05) is 0 Å². The van der Waals surface area contributed by atoms with Crippen molar-refractivity contribution in [3.8, 4) is 29.1 Å². The summed E-state index contributed by atoms with van der Waals surface area (Å²) in [5.41, 5.74) is 0.487. The van der Waals surface area contributed by atoms with Gasteiger partial charge in [0.1, 0.15) is 23.0 Å². The van der Waals surface area contributed by atoms with Crippen LogP contribution in [0.1, 0.15) is 5.56 Å². The normalized spacial score (nSPS) is 15.8. The molecule has 0 saturated carbocycles. The number of nitrogens with zero attached hydrogens (tertiary/aromatic N) is 1. The van der Waals surface area contributed by atoms with E-state index in [-0.39, 0.29) is 0 Å². The minimum atomic E-state index is -2.41. The Kier molecular flexibility index (Phi) is 2.19. The van der Waals surface area contributed by atoms with Crippen LogP contribution in [-0.2, 0) is 0 Å². The Labute approximate surface area is 131 Å². The van der Waals surface area contributed by atoms with Crippen LogP contribution in [0.3, 0.4) is 0 Å². The molecule has 3 aromatic rings. The Balaban J connectivity index is 1.54. The molecule has 0 aromatic heterocycles. The first-order chi connectivity index (χ1) is 11.2. The molecule has 0 fully saturated rings.